The number of nitrogens with two attached hydrogens (primary N) is 1. The van der Waals surface area contributed by atoms with Gasteiger partial charge in [-0.3, -0.25) is 4.79 Å². The second kappa shape index (κ2) is 5.56. The van der Waals surface area contributed by atoms with Gasteiger partial charge in [0.2, 0.25) is 0 Å². The number of hydrogen-bond acceptors (Lipinski definition) is 5. The van der Waals surface area contributed by atoms with Crippen LogP contribution in [0.2, 0.25) is 0 Å². The molecule has 6 heteroatoms. The molecular formula is C14H15N3O3. The summed E-state index contributed by atoms with van der Waals surface area (Å²) in [7, 11) is 0. The van der Waals surface area contributed by atoms with E-state index in [1.165, 1.54) is 0 Å². The van der Waals surface area contributed by atoms with Crippen molar-refractivity contribution in [2.24, 2.45) is 0 Å². The van der Waals surface area contributed by atoms with Crippen molar-refractivity contribution in [1.29, 1.82) is 0 Å². The lowest BCUT2D eigenvalue weighted by Gasteiger charge is -2.04. The minimum atomic E-state index is -0.574. The molecule has 2 aromatic rings. The summed E-state index contributed by atoms with van der Waals surface area (Å²) in [5.41, 5.74) is 6.80. The van der Waals surface area contributed by atoms with Crippen LogP contribution in [0.3, 0.4) is 0 Å². The van der Waals surface area contributed by atoms with Crippen LogP contribution in [0.25, 0.3) is 0 Å². The number of aryl methyl sites for hydroxylation is 1. The van der Waals surface area contributed by atoms with Crippen LogP contribution in [0, 0.1) is 6.92 Å². The Kier molecular flexibility index (Phi) is 3.84. The molecule has 20 heavy (non-hydrogen) atoms. The van der Waals surface area contributed by atoms with E-state index in [4.69, 9.17) is 10.5 Å². The number of anilines is 1. The zero-order valence-corrected chi connectivity index (χ0v) is 11.3. The van der Waals surface area contributed by atoms with Gasteiger partial charge in [-0.05, 0) is 26.0 Å². The summed E-state index contributed by atoms with van der Waals surface area (Å²) >= 11 is 0. The van der Waals surface area contributed by atoms with Gasteiger partial charge in [-0.25, -0.2) is 4.79 Å². The smallest absolute Gasteiger partial charge is 0.343 e. The highest BCUT2D eigenvalue weighted by atomic mass is 16.5. The van der Waals surface area contributed by atoms with E-state index in [9.17, 15) is 9.59 Å². The van der Waals surface area contributed by atoms with Crippen molar-refractivity contribution in [3.05, 3.63) is 47.2 Å². The minimum absolute atomic E-state index is 0.00481. The number of carbonyl (C=O) groups excluding carboxylic acids is 2. The highest BCUT2D eigenvalue weighted by molar-refractivity contribution is 6.02. The number of esters is 1. The highest BCUT2D eigenvalue weighted by Crippen LogP contribution is 2.19. The molecule has 2 rings (SSSR count). The van der Waals surface area contributed by atoms with Gasteiger partial charge in [0.05, 0.1) is 12.3 Å². The van der Waals surface area contributed by atoms with Crippen molar-refractivity contribution in [2.75, 3.05) is 12.3 Å². The number of ether oxygens (including phenoxy) is 1. The number of nitrogen functional groups attached to an aromatic ring is 1. The zero-order valence-electron chi connectivity index (χ0n) is 11.3. The van der Waals surface area contributed by atoms with Crippen molar-refractivity contribution < 1.29 is 14.3 Å². The summed E-state index contributed by atoms with van der Waals surface area (Å²) < 4.78 is 5.93. The second-order valence-electron chi connectivity index (χ2n) is 4.15. The van der Waals surface area contributed by atoms with E-state index in [1.807, 2.05) is 0 Å². The van der Waals surface area contributed by atoms with Crippen molar-refractivity contribution in [1.82, 2.24) is 9.78 Å². The predicted molar refractivity (Wildman–Crippen MR) is 73.5 cm³/mol. The maximum absolute atomic E-state index is 12.3. The summed E-state index contributed by atoms with van der Waals surface area (Å²) in [5.74, 6) is -0.967. The van der Waals surface area contributed by atoms with Crippen molar-refractivity contribution in [3.63, 3.8) is 0 Å². The summed E-state index contributed by atoms with van der Waals surface area (Å²) in [4.78, 5) is 24.1. The highest BCUT2D eigenvalue weighted by Gasteiger charge is 2.24. The molecule has 1 aromatic heterocycles. The third-order valence-corrected chi connectivity index (χ3v) is 2.79. The monoisotopic (exact) mass is 273 g/mol. The normalized spacial score (nSPS) is 10.3. The molecule has 0 amide bonds. The van der Waals surface area contributed by atoms with Crippen LogP contribution in [0.4, 0.5) is 5.82 Å². The predicted octanol–water partition coefficient (Wildman–Crippen LogP) is 1.64. The maximum atomic E-state index is 12.3. The molecular weight excluding hydrogens is 258 g/mol. The van der Waals surface area contributed by atoms with Gasteiger partial charge in [-0.2, -0.15) is 9.78 Å². The Bertz CT molecular complexity index is 647. The van der Waals surface area contributed by atoms with E-state index in [1.54, 1.807) is 44.2 Å². The largest absolute Gasteiger partial charge is 0.462 e. The average molecular weight is 273 g/mol. The first-order chi connectivity index (χ1) is 9.56. The van der Waals surface area contributed by atoms with E-state index >= 15 is 0 Å². The van der Waals surface area contributed by atoms with Crippen molar-refractivity contribution in [3.8, 4) is 0 Å². The van der Waals surface area contributed by atoms with Gasteiger partial charge in [0.1, 0.15) is 11.4 Å². The van der Waals surface area contributed by atoms with Crippen LogP contribution in [0.1, 0.15) is 33.3 Å². The first-order valence-electron chi connectivity index (χ1n) is 6.18. The number of hydrogen-bond donors (Lipinski definition) is 1. The molecule has 2 N–H and O–H groups in total. The van der Waals surface area contributed by atoms with Crippen LogP contribution in [0.15, 0.2) is 30.3 Å². The topological polar surface area (TPSA) is 87.2 Å². The average Bonchev–Trinajstić information content (AvgIpc) is 2.74. The van der Waals surface area contributed by atoms with Crippen molar-refractivity contribution >= 4 is 17.7 Å². The summed E-state index contributed by atoms with van der Waals surface area (Å²) in [5, 5.41) is 4.03. The molecule has 0 aliphatic heterocycles. The Hall–Kier alpha value is -2.63. The molecule has 0 spiro atoms. The maximum Gasteiger partial charge on any atom is 0.343 e. The van der Waals surface area contributed by atoms with Crippen LogP contribution >= 0.6 is 0 Å². The Morgan fingerprint density at radius 3 is 2.55 bits per heavy atom. The summed E-state index contributed by atoms with van der Waals surface area (Å²) in [6.45, 7) is 3.54. The lowest BCUT2D eigenvalue weighted by molar-refractivity contribution is 0.0527. The summed E-state index contributed by atoms with van der Waals surface area (Å²) in [6, 6.07) is 8.60. The number of aromatic nitrogens is 2. The van der Waals surface area contributed by atoms with E-state index in [-0.39, 0.29) is 23.9 Å². The first-order valence-corrected chi connectivity index (χ1v) is 6.18. The molecule has 0 bridgehead atoms. The fraction of sp³-hybridized carbons (Fsp3) is 0.214. The molecule has 0 aliphatic rings. The van der Waals surface area contributed by atoms with Gasteiger partial charge < -0.3 is 10.5 Å². The Morgan fingerprint density at radius 1 is 1.30 bits per heavy atom. The van der Waals surface area contributed by atoms with Gasteiger partial charge in [-0.1, -0.05) is 18.2 Å². The van der Waals surface area contributed by atoms with Gasteiger partial charge in [0, 0.05) is 5.56 Å². The van der Waals surface area contributed by atoms with Gasteiger partial charge in [0.15, 0.2) is 0 Å². The van der Waals surface area contributed by atoms with E-state index in [0.29, 0.717) is 11.3 Å². The molecule has 0 saturated heterocycles. The second-order valence-corrected chi connectivity index (χ2v) is 4.15. The van der Waals surface area contributed by atoms with Crippen LogP contribution in [-0.2, 0) is 4.74 Å². The first kappa shape index (κ1) is 13.8. The molecule has 0 saturated carbocycles. The molecule has 1 heterocycles. The quantitative estimate of drug-likeness (QED) is 0.859. The van der Waals surface area contributed by atoms with Gasteiger partial charge in [0.25, 0.3) is 5.91 Å². The van der Waals surface area contributed by atoms with Crippen molar-refractivity contribution in [2.45, 2.75) is 13.8 Å². The van der Waals surface area contributed by atoms with E-state index in [0.717, 1.165) is 4.68 Å². The third kappa shape index (κ3) is 2.40. The van der Waals surface area contributed by atoms with Crippen LogP contribution < -0.4 is 5.73 Å². The van der Waals surface area contributed by atoms with Crippen LogP contribution in [-0.4, -0.2) is 28.3 Å². The molecule has 0 fully saturated rings. The zero-order chi connectivity index (χ0) is 14.7. The number of rotatable bonds is 3. The lowest BCUT2D eigenvalue weighted by atomic mass is 10.2. The minimum Gasteiger partial charge on any atom is -0.462 e. The lowest BCUT2D eigenvalue weighted by Crippen LogP contribution is -2.17. The Morgan fingerprint density at radius 2 is 1.95 bits per heavy atom. The number of carbonyl (C=O) groups is 2. The third-order valence-electron chi connectivity index (χ3n) is 2.79. The van der Waals surface area contributed by atoms with E-state index in [2.05, 4.69) is 5.10 Å². The summed E-state index contributed by atoms with van der Waals surface area (Å²) in [6.07, 6.45) is 0. The van der Waals surface area contributed by atoms with E-state index < -0.39 is 5.97 Å². The fourth-order valence-electron chi connectivity index (χ4n) is 1.86. The molecule has 0 radical (unpaired) electrons. The fourth-order valence-corrected chi connectivity index (χ4v) is 1.86. The van der Waals surface area contributed by atoms with Gasteiger partial charge in [-0.15, -0.1) is 0 Å². The Labute approximate surface area is 116 Å². The SMILES string of the molecule is CCOC(=O)c1c(C)nn(C(=O)c2ccccc2)c1N. The molecule has 0 unspecified atom stereocenters. The molecule has 0 atom stereocenters. The number of nitrogens with zero attached hydrogens (tertiary/aromatic N) is 2. The standard InChI is InChI=1S/C14H15N3O3/c1-3-20-14(19)11-9(2)16-17(12(11)15)13(18)10-7-5-4-6-8-10/h4-8H,3,15H2,1-2H3. The molecule has 1 aromatic carbocycles. The number of benzene rings is 1. The Balaban J connectivity index is 2.42. The molecule has 6 nitrogen and oxygen atoms in total. The molecule has 104 valence electrons. The molecule has 0 aliphatic carbocycles. The van der Waals surface area contributed by atoms with Crippen LogP contribution in [0.5, 0.6) is 0 Å². The van der Waals surface area contributed by atoms with Gasteiger partial charge >= 0.3 is 5.97 Å².